The highest BCUT2D eigenvalue weighted by atomic mass is 16.3. The van der Waals surface area contributed by atoms with Crippen LogP contribution < -0.4 is 11.3 Å². The number of aliphatic hydroxyl groups excluding tert-OH is 1. The monoisotopic (exact) mass is 289 g/mol. The van der Waals surface area contributed by atoms with Crippen LogP contribution in [0.25, 0.3) is 11.0 Å². The fraction of sp³-hybridized carbons (Fsp3) is 0.400. The molecule has 6 nitrogen and oxygen atoms in total. The number of amides is 1. The van der Waals surface area contributed by atoms with Crippen LogP contribution >= 0.6 is 0 Å². The number of nitrogen functional groups attached to an aromatic ring is 1. The highest BCUT2D eigenvalue weighted by molar-refractivity contribution is 5.98. The molecule has 0 spiro atoms. The van der Waals surface area contributed by atoms with Gasteiger partial charge in [0.2, 0.25) is 0 Å². The predicted molar refractivity (Wildman–Crippen MR) is 78.4 cm³/mol. The Morgan fingerprint density at radius 3 is 2.81 bits per heavy atom. The first kappa shape index (κ1) is 14.1. The summed E-state index contributed by atoms with van der Waals surface area (Å²) in [7, 11) is 0. The molecule has 112 valence electrons. The molecule has 0 aliphatic carbocycles. The Labute approximate surface area is 122 Å². The Hall–Kier alpha value is -1.89. The maximum atomic E-state index is 11.9. The van der Waals surface area contributed by atoms with Crippen LogP contribution in [0.4, 0.5) is 0 Å². The molecule has 1 aliphatic heterocycles. The van der Waals surface area contributed by atoms with E-state index in [-0.39, 0.29) is 11.9 Å². The Bertz CT molecular complexity index is 645. The quantitative estimate of drug-likeness (QED) is 0.445. The molecule has 21 heavy (non-hydrogen) atoms. The van der Waals surface area contributed by atoms with Gasteiger partial charge in [-0.2, -0.15) is 0 Å². The first-order chi connectivity index (χ1) is 10.2. The number of hydrogen-bond donors (Lipinski definition) is 3. The molecule has 0 unspecified atom stereocenters. The van der Waals surface area contributed by atoms with Gasteiger partial charge in [-0.1, -0.05) is 18.2 Å². The summed E-state index contributed by atoms with van der Waals surface area (Å²) >= 11 is 0. The van der Waals surface area contributed by atoms with Gasteiger partial charge in [-0.3, -0.25) is 15.1 Å². The average molecular weight is 289 g/mol. The largest absolute Gasteiger partial charge is 0.451 e. The summed E-state index contributed by atoms with van der Waals surface area (Å²) in [5.74, 6) is 5.09. The van der Waals surface area contributed by atoms with E-state index in [1.54, 1.807) is 0 Å². The van der Waals surface area contributed by atoms with Gasteiger partial charge < -0.3 is 9.52 Å². The molecule has 1 amide bonds. The molecule has 1 saturated heterocycles. The van der Waals surface area contributed by atoms with Gasteiger partial charge in [-0.15, -0.1) is 0 Å². The number of fused-ring (bicyclic) bond motifs is 1. The summed E-state index contributed by atoms with van der Waals surface area (Å²) in [4.78, 5) is 14.1. The molecule has 2 heterocycles. The number of benzene rings is 1. The van der Waals surface area contributed by atoms with Gasteiger partial charge in [0.05, 0.1) is 6.10 Å². The molecule has 0 saturated carbocycles. The number of carbonyl (C=O) groups excluding carboxylic acids is 1. The molecular formula is C15H19N3O3. The van der Waals surface area contributed by atoms with E-state index in [9.17, 15) is 9.90 Å². The molecule has 0 bridgehead atoms. The van der Waals surface area contributed by atoms with Crippen LogP contribution in [0.1, 0.15) is 29.0 Å². The lowest BCUT2D eigenvalue weighted by molar-refractivity contribution is 0.0783. The zero-order valence-corrected chi connectivity index (χ0v) is 11.7. The van der Waals surface area contributed by atoms with Crippen molar-refractivity contribution >= 4 is 16.9 Å². The summed E-state index contributed by atoms with van der Waals surface area (Å²) in [6, 6.07) is 7.58. The van der Waals surface area contributed by atoms with Crippen LogP contribution in [0.3, 0.4) is 0 Å². The minimum atomic E-state index is -0.418. The average Bonchev–Trinajstić information content (AvgIpc) is 2.88. The van der Waals surface area contributed by atoms with E-state index in [1.165, 1.54) is 0 Å². The Kier molecular flexibility index (Phi) is 3.92. The second-order valence-corrected chi connectivity index (χ2v) is 5.39. The number of carbonyl (C=O) groups is 1. The Morgan fingerprint density at radius 1 is 1.38 bits per heavy atom. The first-order valence-corrected chi connectivity index (χ1v) is 7.11. The van der Waals surface area contributed by atoms with Gasteiger partial charge in [0.1, 0.15) is 5.58 Å². The van der Waals surface area contributed by atoms with Crippen LogP contribution in [0.15, 0.2) is 28.7 Å². The molecular weight excluding hydrogens is 270 g/mol. The van der Waals surface area contributed by atoms with Crippen molar-refractivity contribution in [3.63, 3.8) is 0 Å². The van der Waals surface area contributed by atoms with Crippen molar-refractivity contribution in [3.8, 4) is 0 Å². The highest BCUT2D eigenvalue weighted by Gasteiger charge is 2.24. The SMILES string of the molecule is NNC(=O)c1oc2ccccc2c1CN1CCC(O)CC1. The topological polar surface area (TPSA) is 91.7 Å². The number of para-hydroxylation sites is 1. The summed E-state index contributed by atoms with van der Waals surface area (Å²) in [5.41, 5.74) is 3.67. The van der Waals surface area contributed by atoms with Crippen molar-refractivity contribution in [2.24, 2.45) is 5.84 Å². The number of furan rings is 1. The third-order valence-corrected chi connectivity index (χ3v) is 3.97. The highest BCUT2D eigenvalue weighted by Crippen LogP contribution is 2.28. The number of nitrogens with one attached hydrogen (secondary N) is 1. The van der Waals surface area contributed by atoms with Crippen molar-refractivity contribution in [1.29, 1.82) is 0 Å². The Balaban J connectivity index is 1.93. The van der Waals surface area contributed by atoms with Crippen molar-refractivity contribution in [2.75, 3.05) is 13.1 Å². The molecule has 6 heteroatoms. The van der Waals surface area contributed by atoms with E-state index in [0.717, 1.165) is 36.9 Å². The molecule has 0 atom stereocenters. The summed E-state index contributed by atoms with van der Waals surface area (Å²) in [5, 5.41) is 10.5. The second-order valence-electron chi connectivity index (χ2n) is 5.39. The smallest absolute Gasteiger partial charge is 0.301 e. The van der Waals surface area contributed by atoms with Gasteiger partial charge in [0, 0.05) is 30.6 Å². The minimum absolute atomic E-state index is 0.214. The number of nitrogens with two attached hydrogens (primary N) is 1. The maximum Gasteiger partial charge on any atom is 0.301 e. The van der Waals surface area contributed by atoms with Gasteiger partial charge in [0.15, 0.2) is 5.76 Å². The summed E-state index contributed by atoms with van der Waals surface area (Å²) in [6.07, 6.45) is 1.30. The minimum Gasteiger partial charge on any atom is -0.451 e. The van der Waals surface area contributed by atoms with Crippen molar-refractivity contribution in [2.45, 2.75) is 25.5 Å². The van der Waals surface area contributed by atoms with Crippen molar-refractivity contribution in [3.05, 3.63) is 35.6 Å². The maximum absolute atomic E-state index is 11.9. The van der Waals surface area contributed by atoms with E-state index < -0.39 is 5.91 Å². The van der Waals surface area contributed by atoms with Crippen molar-refractivity contribution in [1.82, 2.24) is 10.3 Å². The van der Waals surface area contributed by atoms with Crippen LogP contribution in [-0.4, -0.2) is 35.1 Å². The standard InChI is InChI=1S/C15H19N3O3/c16-17-15(20)14-12(9-18-7-5-10(19)6-8-18)11-3-1-2-4-13(11)21-14/h1-4,10,19H,5-9,16H2,(H,17,20). The first-order valence-electron chi connectivity index (χ1n) is 7.11. The summed E-state index contributed by atoms with van der Waals surface area (Å²) < 4.78 is 5.65. The van der Waals surface area contributed by atoms with Crippen LogP contribution in [0.2, 0.25) is 0 Å². The third kappa shape index (κ3) is 2.78. The second kappa shape index (κ2) is 5.85. The van der Waals surface area contributed by atoms with E-state index in [2.05, 4.69) is 10.3 Å². The lowest BCUT2D eigenvalue weighted by Crippen LogP contribution is -2.36. The lowest BCUT2D eigenvalue weighted by atomic mass is 10.1. The lowest BCUT2D eigenvalue weighted by Gasteiger charge is -2.29. The van der Waals surface area contributed by atoms with E-state index in [4.69, 9.17) is 10.3 Å². The molecule has 1 aromatic heterocycles. The van der Waals surface area contributed by atoms with Crippen molar-refractivity contribution < 1.29 is 14.3 Å². The van der Waals surface area contributed by atoms with Gasteiger partial charge >= 0.3 is 5.91 Å². The van der Waals surface area contributed by atoms with E-state index in [1.807, 2.05) is 24.3 Å². The molecule has 0 radical (unpaired) electrons. The van der Waals surface area contributed by atoms with E-state index >= 15 is 0 Å². The van der Waals surface area contributed by atoms with E-state index in [0.29, 0.717) is 12.1 Å². The molecule has 1 fully saturated rings. The normalized spacial score (nSPS) is 17.2. The molecule has 1 aliphatic rings. The van der Waals surface area contributed by atoms with Gasteiger partial charge in [-0.05, 0) is 18.9 Å². The number of rotatable bonds is 3. The molecule has 2 aromatic rings. The fourth-order valence-electron chi connectivity index (χ4n) is 2.81. The summed E-state index contributed by atoms with van der Waals surface area (Å²) in [6.45, 7) is 2.24. The number of piperidine rings is 1. The predicted octanol–water partition coefficient (Wildman–Crippen LogP) is 0.993. The number of aliphatic hydroxyl groups is 1. The third-order valence-electron chi connectivity index (χ3n) is 3.97. The van der Waals surface area contributed by atoms with Crippen LogP contribution in [0, 0.1) is 0 Å². The fourth-order valence-corrected chi connectivity index (χ4v) is 2.81. The number of hydrazine groups is 1. The Morgan fingerprint density at radius 2 is 2.10 bits per heavy atom. The number of hydrogen-bond acceptors (Lipinski definition) is 5. The molecule has 3 rings (SSSR count). The zero-order chi connectivity index (χ0) is 14.8. The van der Waals surface area contributed by atoms with Gasteiger partial charge in [0.25, 0.3) is 0 Å². The molecule has 4 N–H and O–H groups in total. The van der Waals surface area contributed by atoms with Crippen LogP contribution in [0.5, 0.6) is 0 Å². The molecule has 1 aromatic carbocycles. The number of likely N-dealkylation sites (tertiary alicyclic amines) is 1. The zero-order valence-electron chi connectivity index (χ0n) is 11.7. The van der Waals surface area contributed by atoms with Crippen LogP contribution in [-0.2, 0) is 6.54 Å². The number of nitrogens with zero attached hydrogens (tertiary/aromatic N) is 1. The van der Waals surface area contributed by atoms with Gasteiger partial charge in [-0.25, -0.2) is 5.84 Å².